The van der Waals surface area contributed by atoms with Crippen molar-refractivity contribution >= 4 is 17.5 Å². The predicted molar refractivity (Wildman–Crippen MR) is 90.2 cm³/mol. The maximum atomic E-state index is 12.8. The van der Waals surface area contributed by atoms with E-state index in [-0.39, 0.29) is 5.91 Å². The van der Waals surface area contributed by atoms with Gasteiger partial charge in [0.2, 0.25) is 0 Å². The number of hydrogen-bond donors (Lipinski definition) is 0. The lowest BCUT2D eigenvalue weighted by Crippen LogP contribution is -2.30. The second kappa shape index (κ2) is 7.16. The molecule has 0 N–H and O–H groups in total. The fourth-order valence-electron chi connectivity index (χ4n) is 2.39. The number of nitrogens with zero attached hydrogens (tertiary/aromatic N) is 1. The summed E-state index contributed by atoms with van der Waals surface area (Å²) >= 11 is 6.24. The second-order valence-electron chi connectivity index (χ2n) is 5.20. The summed E-state index contributed by atoms with van der Waals surface area (Å²) in [5, 5.41) is 0.651. The number of halogens is 1. The molecule has 1 aromatic heterocycles. The SMILES string of the molecule is O=C(c1ccccc1)N(Cc1ccco1)Cc1ccccc1Cl. The average molecular weight is 326 g/mol. The second-order valence-corrected chi connectivity index (χ2v) is 5.61. The molecule has 0 atom stereocenters. The number of carbonyl (C=O) groups excluding carboxylic acids is 1. The maximum Gasteiger partial charge on any atom is 0.254 e. The normalized spacial score (nSPS) is 10.5. The third kappa shape index (κ3) is 3.82. The van der Waals surface area contributed by atoms with E-state index in [1.165, 1.54) is 0 Å². The van der Waals surface area contributed by atoms with Crippen LogP contribution in [-0.2, 0) is 13.1 Å². The molecule has 23 heavy (non-hydrogen) atoms. The Morgan fingerprint density at radius 2 is 1.65 bits per heavy atom. The van der Waals surface area contributed by atoms with Gasteiger partial charge in [-0.15, -0.1) is 0 Å². The van der Waals surface area contributed by atoms with Crippen LogP contribution in [0.3, 0.4) is 0 Å². The molecule has 1 amide bonds. The molecule has 0 spiro atoms. The summed E-state index contributed by atoms with van der Waals surface area (Å²) in [6.45, 7) is 0.819. The van der Waals surface area contributed by atoms with Crippen LogP contribution in [0, 0.1) is 0 Å². The standard InChI is InChI=1S/C19H16ClNO2/c20-18-11-5-4-9-16(18)13-21(14-17-10-6-12-23-17)19(22)15-7-2-1-3-8-15/h1-12H,13-14H2. The summed E-state index contributed by atoms with van der Waals surface area (Å²) < 4.78 is 5.39. The number of rotatable bonds is 5. The van der Waals surface area contributed by atoms with E-state index in [0.29, 0.717) is 23.7 Å². The van der Waals surface area contributed by atoms with Crippen molar-refractivity contribution < 1.29 is 9.21 Å². The molecule has 0 radical (unpaired) electrons. The number of furan rings is 1. The third-order valence-electron chi connectivity index (χ3n) is 3.55. The summed E-state index contributed by atoms with van der Waals surface area (Å²) in [4.78, 5) is 14.6. The molecule has 3 aromatic rings. The van der Waals surface area contributed by atoms with Gasteiger partial charge in [0.05, 0.1) is 12.8 Å². The van der Waals surface area contributed by atoms with Gasteiger partial charge in [-0.25, -0.2) is 0 Å². The van der Waals surface area contributed by atoms with E-state index in [4.69, 9.17) is 16.0 Å². The van der Waals surface area contributed by atoms with E-state index in [1.54, 1.807) is 11.2 Å². The van der Waals surface area contributed by atoms with Crippen molar-refractivity contribution in [2.75, 3.05) is 0 Å². The molecular weight excluding hydrogens is 310 g/mol. The Bertz CT molecular complexity index is 769. The lowest BCUT2D eigenvalue weighted by atomic mass is 10.1. The molecule has 0 saturated heterocycles. The van der Waals surface area contributed by atoms with Crippen molar-refractivity contribution in [2.45, 2.75) is 13.1 Å². The molecule has 3 rings (SSSR count). The molecule has 3 nitrogen and oxygen atoms in total. The predicted octanol–water partition coefficient (Wildman–Crippen LogP) is 4.78. The Morgan fingerprint density at radius 3 is 2.35 bits per heavy atom. The fourth-order valence-corrected chi connectivity index (χ4v) is 2.58. The Kier molecular flexibility index (Phi) is 4.79. The zero-order chi connectivity index (χ0) is 16.1. The topological polar surface area (TPSA) is 33.5 Å². The molecular formula is C19H16ClNO2. The summed E-state index contributed by atoms with van der Waals surface area (Å²) in [6.07, 6.45) is 1.61. The van der Waals surface area contributed by atoms with Crippen LogP contribution in [0.4, 0.5) is 0 Å². The first-order valence-electron chi connectivity index (χ1n) is 7.34. The molecule has 2 aromatic carbocycles. The van der Waals surface area contributed by atoms with Gasteiger partial charge in [-0.1, -0.05) is 48.0 Å². The minimum atomic E-state index is -0.0538. The van der Waals surface area contributed by atoms with Gasteiger partial charge >= 0.3 is 0 Å². The van der Waals surface area contributed by atoms with Crippen LogP contribution in [0.5, 0.6) is 0 Å². The van der Waals surface area contributed by atoms with E-state index >= 15 is 0 Å². The van der Waals surface area contributed by atoms with Gasteiger partial charge in [0, 0.05) is 17.1 Å². The first kappa shape index (κ1) is 15.4. The molecule has 116 valence electrons. The smallest absolute Gasteiger partial charge is 0.254 e. The highest BCUT2D eigenvalue weighted by Crippen LogP contribution is 2.20. The maximum absolute atomic E-state index is 12.8. The van der Waals surface area contributed by atoms with Crippen molar-refractivity contribution in [1.29, 1.82) is 0 Å². The van der Waals surface area contributed by atoms with Gasteiger partial charge in [0.15, 0.2) is 0 Å². The van der Waals surface area contributed by atoms with Crippen LogP contribution in [0.1, 0.15) is 21.7 Å². The van der Waals surface area contributed by atoms with Gasteiger partial charge in [-0.2, -0.15) is 0 Å². The van der Waals surface area contributed by atoms with Gasteiger partial charge in [-0.05, 0) is 35.9 Å². The van der Waals surface area contributed by atoms with Crippen LogP contribution in [0.2, 0.25) is 5.02 Å². The monoisotopic (exact) mass is 325 g/mol. The first-order valence-corrected chi connectivity index (χ1v) is 7.72. The Balaban J connectivity index is 1.87. The van der Waals surface area contributed by atoms with E-state index in [2.05, 4.69) is 0 Å². The van der Waals surface area contributed by atoms with Crippen molar-refractivity contribution in [3.05, 3.63) is 94.9 Å². The number of carbonyl (C=O) groups is 1. The summed E-state index contributed by atoms with van der Waals surface area (Å²) in [7, 11) is 0. The van der Waals surface area contributed by atoms with Crippen LogP contribution in [0.15, 0.2) is 77.4 Å². The molecule has 0 unspecified atom stereocenters. The number of amides is 1. The summed E-state index contributed by atoms with van der Waals surface area (Å²) in [5.41, 5.74) is 1.55. The van der Waals surface area contributed by atoms with Crippen LogP contribution in [-0.4, -0.2) is 10.8 Å². The zero-order valence-corrected chi connectivity index (χ0v) is 13.2. The lowest BCUT2D eigenvalue weighted by molar-refractivity contribution is 0.0718. The molecule has 0 aliphatic rings. The van der Waals surface area contributed by atoms with Crippen molar-refractivity contribution in [2.24, 2.45) is 0 Å². The van der Waals surface area contributed by atoms with Crippen LogP contribution >= 0.6 is 11.6 Å². The van der Waals surface area contributed by atoms with Gasteiger partial charge in [0.1, 0.15) is 5.76 Å². The van der Waals surface area contributed by atoms with Crippen LogP contribution < -0.4 is 0 Å². The molecule has 0 aliphatic carbocycles. The van der Waals surface area contributed by atoms with E-state index < -0.39 is 0 Å². The Hall–Kier alpha value is -2.52. The Labute approximate surface area is 140 Å². The quantitative estimate of drug-likeness (QED) is 0.676. The minimum Gasteiger partial charge on any atom is -0.467 e. The summed E-state index contributed by atoms with van der Waals surface area (Å²) in [6, 6.07) is 20.4. The van der Waals surface area contributed by atoms with E-state index in [0.717, 1.165) is 11.3 Å². The fraction of sp³-hybridized carbons (Fsp3) is 0.105. The van der Waals surface area contributed by atoms with Gasteiger partial charge in [0.25, 0.3) is 5.91 Å². The minimum absolute atomic E-state index is 0.0538. The molecule has 0 saturated carbocycles. The molecule has 4 heteroatoms. The van der Waals surface area contributed by atoms with Gasteiger partial charge < -0.3 is 9.32 Å². The molecule has 0 aliphatic heterocycles. The Morgan fingerprint density at radius 1 is 0.913 bits per heavy atom. The van der Waals surface area contributed by atoms with E-state index in [9.17, 15) is 4.79 Å². The van der Waals surface area contributed by atoms with Crippen molar-refractivity contribution in [3.63, 3.8) is 0 Å². The molecule has 0 fully saturated rings. The lowest BCUT2D eigenvalue weighted by Gasteiger charge is -2.22. The van der Waals surface area contributed by atoms with E-state index in [1.807, 2.05) is 66.7 Å². The molecule has 1 heterocycles. The molecule has 0 bridgehead atoms. The largest absolute Gasteiger partial charge is 0.467 e. The zero-order valence-electron chi connectivity index (χ0n) is 12.5. The highest BCUT2D eigenvalue weighted by molar-refractivity contribution is 6.31. The average Bonchev–Trinajstić information content (AvgIpc) is 3.09. The van der Waals surface area contributed by atoms with Crippen molar-refractivity contribution in [1.82, 2.24) is 4.90 Å². The first-order chi connectivity index (χ1) is 11.2. The highest BCUT2D eigenvalue weighted by Gasteiger charge is 2.18. The number of hydrogen-bond acceptors (Lipinski definition) is 2. The third-order valence-corrected chi connectivity index (χ3v) is 3.92. The van der Waals surface area contributed by atoms with Gasteiger partial charge in [-0.3, -0.25) is 4.79 Å². The summed E-state index contributed by atoms with van der Waals surface area (Å²) in [5.74, 6) is 0.684. The highest BCUT2D eigenvalue weighted by atomic mass is 35.5. The number of benzene rings is 2. The van der Waals surface area contributed by atoms with Crippen LogP contribution in [0.25, 0.3) is 0 Å². The van der Waals surface area contributed by atoms with Crippen molar-refractivity contribution in [3.8, 4) is 0 Å².